The van der Waals surface area contributed by atoms with E-state index in [0.717, 1.165) is 0 Å². The van der Waals surface area contributed by atoms with Crippen LogP contribution in [0.25, 0.3) is 21.5 Å². The van der Waals surface area contributed by atoms with Crippen LogP contribution in [0.1, 0.15) is 5.56 Å². The van der Waals surface area contributed by atoms with Gasteiger partial charge in [0.15, 0.2) is 5.11 Å². The van der Waals surface area contributed by atoms with Crippen molar-refractivity contribution in [3.63, 3.8) is 0 Å². The van der Waals surface area contributed by atoms with E-state index in [9.17, 15) is 0 Å². The first-order valence-electron chi connectivity index (χ1n) is 6.18. The van der Waals surface area contributed by atoms with E-state index >= 15 is 0 Å². The lowest BCUT2D eigenvalue weighted by atomic mass is 10.00. The molecule has 0 amide bonds. The molecule has 0 atom stereocenters. The fourth-order valence-corrected chi connectivity index (χ4v) is 2.44. The number of hydrogen-bond donors (Lipinski definition) is 2. The van der Waals surface area contributed by atoms with Crippen LogP contribution in [0.2, 0.25) is 0 Å². The van der Waals surface area contributed by atoms with Crippen LogP contribution >= 0.6 is 12.2 Å². The van der Waals surface area contributed by atoms with Gasteiger partial charge in [0, 0.05) is 6.54 Å². The molecule has 0 aromatic heterocycles. The summed E-state index contributed by atoms with van der Waals surface area (Å²) in [6, 6.07) is 19.1. The van der Waals surface area contributed by atoms with Gasteiger partial charge < -0.3 is 11.1 Å². The average Bonchev–Trinajstić information content (AvgIpc) is 2.42. The van der Waals surface area contributed by atoms with E-state index in [1.54, 1.807) is 0 Å². The summed E-state index contributed by atoms with van der Waals surface area (Å²) >= 11 is 4.86. The van der Waals surface area contributed by atoms with Gasteiger partial charge in [-0.1, -0.05) is 42.5 Å². The highest BCUT2D eigenvalue weighted by Gasteiger charge is 2.03. The van der Waals surface area contributed by atoms with Crippen LogP contribution in [0.4, 0.5) is 0 Å². The van der Waals surface area contributed by atoms with Crippen LogP contribution in [0.15, 0.2) is 54.6 Å². The maximum Gasteiger partial charge on any atom is 0.163 e. The van der Waals surface area contributed by atoms with Crippen molar-refractivity contribution in [2.75, 3.05) is 0 Å². The third kappa shape index (κ3) is 2.37. The largest absolute Gasteiger partial charge is 0.376 e. The van der Waals surface area contributed by atoms with E-state index in [1.165, 1.54) is 27.1 Å². The molecule has 0 fully saturated rings. The fourth-order valence-electron chi connectivity index (χ4n) is 2.37. The third-order valence-electron chi connectivity index (χ3n) is 3.29. The lowest BCUT2D eigenvalue weighted by Gasteiger charge is -2.09. The topological polar surface area (TPSA) is 38.0 Å². The minimum atomic E-state index is 0.331. The molecule has 3 aromatic carbocycles. The highest BCUT2D eigenvalue weighted by Crippen LogP contribution is 2.25. The number of rotatable bonds is 2. The van der Waals surface area contributed by atoms with Gasteiger partial charge in [-0.25, -0.2) is 0 Å². The number of benzene rings is 3. The van der Waals surface area contributed by atoms with Crippen LogP contribution in [-0.2, 0) is 6.54 Å². The maximum atomic E-state index is 5.50. The molecule has 0 saturated heterocycles. The van der Waals surface area contributed by atoms with Crippen LogP contribution in [0, 0.1) is 0 Å². The van der Waals surface area contributed by atoms with Crippen molar-refractivity contribution in [1.82, 2.24) is 5.32 Å². The second kappa shape index (κ2) is 4.86. The Hall–Kier alpha value is -2.13. The van der Waals surface area contributed by atoms with Crippen molar-refractivity contribution in [1.29, 1.82) is 0 Å². The molecule has 0 spiro atoms. The Kier molecular flexibility index (Phi) is 3.05. The molecule has 3 rings (SSSR count). The number of nitrogens with two attached hydrogens (primary N) is 1. The predicted octanol–water partition coefficient (Wildman–Crippen LogP) is 3.33. The standard InChI is InChI=1S/C16H14N2S/c17-16(19)18-10-14-7-3-6-13-8-11-4-1-2-5-12(11)9-15(13)14/h1-9H,10H2,(H3,17,18,19). The highest BCUT2D eigenvalue weighted by molar-refractivity contribution is 7.80. The predicted molar refractivity (Wildman–Crippen MR) is 85.1 cm³/mol. The van der Waals surface area contributed by atoms with E-state index in [-0.39, 0.29) is 0 Å². The molecule has 19 heavy (non-hydrogen) atoms. The molecule has 0 unspecified atom stereocenters. The van der Waals surface area contributed by atoms with Crippen molar-refractivity contribution in [3.05, 3.63) is 60.2 Å². The van der Waals surface area contributed by atoms with E-state index in [2.05, 4.69) is 59.9 Å². The molecule has 3 aromatic rings. The quantitative estimate of drug-likeness (QED) is 0.552. The van der Waals surface area contributed by atoms with Gasteiger partial charge in [-0.05, 0) is 51.5 Å². The number of hydrogen-bond acceptors (Lipinski definition) is 1. The zero-order valence-corrected chi connectivity index (χ0v) is 11.2. The normalized spacial score (nSPS) is 10.7. The number of thiocarbonyl (C=S) groups is 1. The summed E-state index contributed by atoms with van der Waals surface area (Å²) in [7, 11) is 0. The van der Waals surface area contributed by atoms with Gasteiger partial charge in [-0.15, -0.1) is 0 Å². The Morgan fingerprint density at radius 2 is 1.63 bits per heavy atom. The average molecular weight is 266 g/mol. The molecule has 0 radical (unpaired) electrons. The Morgan fingerprint density at radius 1 is 0.947 bits per heavy atom. The van der Waals surface area contributed by atoms with Gasteiger partial charge in [-0.2, -0.15) is 0 Å². The molecule has 3 heteroatoms. The Bertz CT molecular complexity index is 765. The Balaban J connectivity index is 2.17. The molecule has 0 saturated carbocycles. The molecular formula is C16H14N2S. The zero-order chi connectivity index (χ0) is 13.2. The minimum absolute atomic E-state index is 0.331. The van der Waals surface area contributed by atoms with E-state index in [0.29, 0.717) is 11.7 Å². The molecule has 94 valence electrons. The van der Waals surface area contributed by atoms with Gasteiger partial charge in [-0.3, -0.25) is 0 Å². The Labute approximate surface area is 117 Å². The molecule has 2 nitrogen and oxygen atoms in total. The monoisotopic (exact) mass is 266 g/mol. The molecule has 3 N–H and O–H groups in total. The van der Waals surface area contributed by atoms with Crippen molar-refractivity contribution in [2.45, 2.75) is 6.54 Å². The van der Waals surface area contributed by atoms with Gasteiger partial charge in [0.25, 0.3) is 0 Å². The van der Waals surface area contributed by atoms with Crippen LogP contribution in [-0.4, -0.2) is 5.11 Å². The summed E-state index contributed by atoms with van der Waals surface area (Å²) in [5, 5.41) is 8.33. The van der Waals surface area contributed by atoms with Gasteiger partial charge in [0.05, 0.1) is 0 Å². The molecular weight excluding hydrogens is 252 g/mol. The first-order chi connectivity index (χ1) is 9.24. The van der Waals surface area contributed by atoms with Crippen molar-refractivity contribution in [2.24, 2.45) is 5.73 Å². The first-order valence-corrected chi connectivity index (χ1v) is 6.58. The van der Waals surface area contributed by atoms with E-state index in [4.69, 9.17) is 18.0 Å². The summed E-state index contributed by atoms with van der Waals surface area (Å²) in [6.07, 6.45) is 0. The summed E-state index contributed by atoms with van der Waals surface area (Å²) < 4.78 is 0. The van der Waals surface area contributed by atoms with Crippen LogP contribution in [0.3, 0.4) is 0 Å². The van der Waals surface area contributed by atoms with Crippen molar-refractivity contribution in [3.8, 4) is 0 Å². The maximum absolute atomic E-state index is 5.50. The van der Waals surface area contributed by atoms with Gasteiger partial charge in [0.1, 0.15) is 0 Å². The van der Waals surface area contributed by atoms with Crippen LogP contribution in [0.5, 0.6) is 0 Å². The molecule has 0 aliphatic carbocycles. The molecule has 0 heterocycles. The Morgan fingerprint density at radius 3 is 2.37 bits per heavy atom. The van der Waals surface area contributed by atoms with E-state index in [1.807, 2.05) is 0 Å². The third-order valence-corrected chi connectivity index (χ3v) is 3.43. The highest BCUT2D eigenvalue weighted by atomic mass is 32.1. The van der Waals surface area contributed by atoms with Gasteiger partial charge >= 0.3 is 0 Å². The second-order valence-corrected chi connectivity index (χ2v) is 5.00. The van der Waals surface area contributed by atoms with Gasteiger partial charge in [0.2, 0.25) is 0 Å². The van der Waals surface area contributed by atoms with E-state index < -0.39 is 0 Å². The molecule has 0 aliphatic rings. The SMILES string of the molecule is NC(=S)NCc1cccc2cc3ccccc3cc12. The zero-order valence-electron chi connectivity index (χ0n) is 10.4. The molecule has 0 aliphatic heterocycles. The smallest absolute Gasteiger partial charge is 0.163 e. The fraction of sp³-hybridized carbons (Fsp3) is 0.0625. The van der Waals surface area contributed by atoms with Crippen molar-refractivity contribution >= 4 is 38.9 Å². The number of fused-ring (bicyclic) bond motifs is 2. The lowest BCUT2D eigenvalue weighted by molar-refractivity contribution is 0.929. The summed E-state index contributed by atoms with van der Waals surface area (Å²) in [5.41, 5.74) is 6.70. The lowest BCUT2D eigenvalue weighted by Crippen LogP contribution is -2.28. The summed E-state index contributed by atoms with van der Waals surface area (Å²) in [5.74, 6) is 0. The summed E-state index contributed by atoms with van der Waals surface area (Å²) in [4.78, 5) is 0. The van der Waals surface area contributed by atoms with Crippen LogP contribution < -0.4 is 11.1 Å². The number of nitrogens with one attached hydrogen (secondary N) is 1. The molecule has 0 bridgehead atoms. The minimum Gasteiger partial charge on any atom is -0.376 e. The first kappa shape index (κ1) is 11.9. The second-order valence-electron chi connectivity index (χ2n) is 4.56. The summed E-state index contributed by atoms with van der Waals surface area (Å²) in [6.45, 7) is 0.658. The van der Waals surface area contributed by atoms with Crippen molar-refractivity contribution < 1.29 is 0 Å².